The average molecular weight is 322 g/mol. The number of rotatable bonds is 3. The van der Waals surface area contributed by atoms with Gasteiger partial charge in [-0.15, -0.1) is 13.2 Å². The maximum Gasteiger partial charge on any atom is 0.573 e. The van der Waals surface area contributed by atoms with Crippen LogP contribution in [0.4, 0.5) is 13.2 Å². The van der Waals surface area contributed by atoms with Crippen molar-refractivity contribution in [2.45, 2.75) is 44.5 Å². The van der Waals surface area contributed by atoms with E-state index < -0.39 is 12.1 Å². The first-order chi connectivity index (χ1) is 9.85. The third-order valence-corrected chi connectivity index (χ3v) is 3.66. The number of ether oxygens (including phenoxy) is 1. The van der Waals surface area contributed by atoms with Crippen molar-refractivity contribution in [3.8, 4) is 5.75 Å². The number of hydrogen-bond acceptors (Lipinski definition) is 2. The van der Waals surface area contributed by atoms with Gasteiger partial charge in [0.25, 0.3) is 5.91 Å². The number of carbonyl (C=O) groups excluding carboxylic acids is 1. The van der Waals surface area contributed by atoms with Gasteiger partial charge in [-0.3, -0.25) is 4.79 Å². The molecule has 21 heavy (non-hydrogen) atoms. The molecule has 1 N–H and O–H groups in total. The Bertz CT molecular complexity index is 513. The number of amides is 1. The first kappa shape index (κ1) is 15.9. The van der Waals surface area contributed by atoms with Gasteiger partial charge in [0, 0.05) is 11.6 Å². The molecule has 2 rings (SSSR count). The van der Waals surface area contributed by atoms with E-state index in [2.05, 4.69) is 10.1 Å². The summed E-state index contributed by atoms with van der Waals surface area (Å²) < 4.78 is 40.1. The molecule has 1 aliphatic rings. The smallest absolute Gasteiger partial charge is 0.404 e. The fraction of sp³-hybridized carbons (Fsp3) is 0.500. The minimum Gasteiger partial charge on any atom is -0.404 e. The van der Waals surface area contributed by atoms with E-state index in [9.17, 15) is 18.0 Å². The van der Waals surface area contributed by atoms with Crippen molar-refractivity contribution in [2.24, 2.45) is 0 Å². The molecule has 0 saturated heterocycles. The zero-order valence-corrected chi connectivity index (χ0v) is 11.9. The molecule has 1 aromatic rings. The molecular formula is C14H15ClF3NO2. The van der Waals surface area contributed by atoms with Crippen LogP contribution < -0.4 is 10.1 Å². The Morgan fingerprint density at radius 2 is 1.90 bits per heavy atom. The van der Waals surface area contributed by atoms with Gasteiger partial charge in [-0.2, -0.15) is 0 Å². The predicted molar refractivity (Wildman–Crippen MR) is 72.5 cm³/mol. The highest BCUT2D eigenvalue weighted by Crippen LogP contribution is 2.30. The summed E-state index contributed by atoms with van der Waals surface area (Å²) in [7, 11) is 0. The maximum atomic E-state index is 12.1. The van der Waals surface area contributed by atoms with Crippen molar-refractivity contribution in [3.05, 3.63) is 28.8 Å². The Morgan fingerprint density at radius 3 is 2.48 bits per heavy atom. The lowest BCUT2D eigenvalue weighted by molar-refractivity contribution is -0.274. The highest BCUT2D eigenvalue weighted by Gasteiger charge is 2.32. The van der Waals surface area contributed by atoms with Gasteiger partial charge in [0.15, 0.2) is 0 Å². The molecule has 1 aromatic carbocycles. The molecule has 0 bridgehead atoms. The van der Waals surface area contributed by atoms with Crippen LogP contribution in [0.5, 0.6) is 5.75 Å². The zero-order valence-electron chi connectivity index (χ0n) is 11.2. The quantitative estimate of drug-likeness (QED) is 0.901. The fourth-order valence-corrected chi connectivity index (χ4v) is 2.58. The van der Waals surface area contributed by atoms with Crippen LogP contribution in [0.2, 0.25) is 5.02 Å². The SMILES string of the molecule is O=C(NC1CCCCC1)c1ccc(OC(F)(F)F)c(Cl)c1. The molecule has 116 valence electrons. The third-order valence-electron chi connectivity index (χ3n) is 3.36. The Hall–Kier alpha value is -1.43. The first-order valence-electron chi connectivity index (χ1n) is 6.71. The van der Waals surface area contributed by atoms with E-state index in [1.54, 1.807) is 0 Å². The van der Waals surface area contributed by atoms with Crippen LogP contribution in [0.25, 0.3) is 0 Å². The molecule has 1 saturated carbocycles. The number of halogens is 4. The Kier molecular flexibility index (Phi) is 4.98. The Morgan fingerprint density at radius 1 is 1.24 bits per heavy atom. The van der Waals surface area contributed by atoms with Crippen LogP contribution in [0.15, 0.2) is 18.2 Å². The molecule has 1 fully saturated rings. The second-order valence-corrected chi connectivity index (χ2v) is 5.41. The highest BCUT2D eigenvalue weighted by atomic mass is 35.5. The first-order valence-corrected chi connectivity index (χ1v) is 7.09. The second-order valence-electron chi connectivity index (χ2n) is 5.00. The summed E-state index contributed by atoms with van der Waals surface area (Å²) in [5.74, 6) is -0.847. The monoisotopic (exact) mass is 321 g/mol. The second kappa shape index (κ2) is 6.56. The molecule has 0 unspecified atom stereocenters. The van der Waals surface area contributed by atoms with Gasteiger partial charge in [0.05, 0.1) is 5.02 Å². The minimum atomic E-state index is -4.81. The van der Waals surface area contributed by atoms with Crippen molar-refractivity contribution >= 4 is 17.5 Å². The summed E-state index contributed by atoms with van der Waals surface area (Å²) in [6.45, 7) is 0. The standard InChI is InChI=1S/C14H15ClF3NO2/c15-11-8-9(6-7-12(11)21-14(16,17)18)13(20)19-10-4-2-1-3-5-10/h6-8,10H,1-5H2,(H,19,20). The van der Waals surface area contributed by atoms with Gasteiger partial charge in [-0.25, -0.2) is 0 Å². The van der Waals surface area contributed by atoms with Gasteiger partial charge < -0.3 is 10.1 Å². The number of hydrogen-bond donors (Lipinski definition) is 1. The van der Waals surface area contributed by atoms with Crippen LogP contribution in [-0.4, -0.2) is 18.3 Å². The molecule has 7 heteroatoms. The molecule has 3 nitrogen and oxygen atoms in total. The van der Waals surface area contributed by atoms with Crippen LogP contribution in [0, 0.1) is 0 Å². The summed E-state index contributed by atoms with van der Waals surface area (Å²) in [5, 5.41) is 2.62. The number of benzene rings is 1. The number of carbonyl (C=O) groups is 1. The maximum absolute atomic E-state index is 12.1. The Balaban J connectivity index is 2.03. The van der Waals surface area contributed by atoms with Crippen LogP contribution >= 0.6 is 11.6 Å². The zero-order chi connectivity index (χ0) is 15.5. The molecule has 1 aliphatic carbocycles. The van der Waals surface area contributed by atoms with Crippen LogP contribution in [-0.2, 0) is 0 Å². The van der Waals surface area contributed by atoms with Gasteiger partial charge in [-0.1, -0.05) is 30.9 Å². The molecule has 0 spiro atoms. The largest absolute Gasteiger partial charge is 0.573 e. The third kappa shape index (κ3) is 4.81. The number of nitrogens with one attached hydrogen (secondary N) is 1. The molecule has 0 atom stereocenters. The normalized spacial score (nSPS) is 16.6. The van der Waals surface area contributed by atoms with Gasteiger partial charge in [-0.05, 0) is 31.0 Å². The Labute approximate surface area is 125 Å². The van der Waals surface area contributed by atoms with Gasteiger partial charge >= 0.3 is 6.36 Å². The van der Waals surface area contributed by atoms with E-state index in [0.29, 0.717) is 0 Å². The van der Waals surface area contributed by atoms with Crippen molar-refractivity contribution in [2.75, 3.05) is 0 Å². The van der Waals surface area contributed by atoms with E-state index >= 15 is 0 Å². The summed E-state index contributed by atoms with van der Waals surface area (Å²) >= 11 is 5.72. The summed E-state index contributed by atoms with van der Waals surface area (Å²) in [5.41, 5.74) is 0.222. The van der Waals surface area contributed by atoms with E-state index in [1.807, 2.05) is 0 Å². The van der Waals surface area contributed by atoms with Crippen molar-refractivity contribution in [3.63, 3.8) is 0 Å². The van der Waals surface area contributed by atoms with Crippen molar-refractivity contribution < 1.29 is 22.7 Å². The molecule has 0 radical (unpaired) electrons. The highest BCUT2D eigenvalue weighted by molar-refractivity contribution is 6.32. The van der Waals surface area contributed by atoms with E-state index in [1.165, 1.54) is 18.6 Å². The van der Waals surface area contributed by atoms with E-state index in [-0.39, 0.29) is 22.5 Å². The summed E-state index contributed by atoms with van der Waals surface area (Å²) in [6.07, 6.45) is 0.356. The van der Waals surface area contributed by atoms with E-state index in [4.69, 9.17) is 11.6 Å². The fourth-order valence-electron chi connectivity index (χ4n) is 2.37. The molecule has 0 aromatic heterocycles. The number of alkyl halides is 3. The van der Waals surface area contributed by atoms with Gasteiger partial charge in [0.2, 0.25) is 0 Å². The lowest BCUT2D eigenvalue weighted by Crippen LogP contribution is -2.36. The van der Waals surface area contributed by atoms with Crippen molar-refractivity contribution in [1.82, 2.24) is 5.32 Å². The van der Waals surface area contributed by atoms with Crippen LogP contribution in [0.3, 0.4) is 0 Å². The molecule has 0 aliphatic heterocycles. The lowest BCUT2D eigenvalue weighted by atomic mass is 9.95. The van der Waals surface area contributed by atoms with E-state index in [0.717, 1.165) is 31.7 Å². The summed E-state index contributed by atoms with van der Waals surface area (Å²) in [6, 6.07) is 3.62. The molecule has 0 heterocycles. The van der Waals surface area contributed by atoms with Gasteiger partial charge in [0.1, 0.15) is 5.75 Å². The average Bonchev–Trinajstić information content (AvgIpc) is 2.40. The summed E-state index contributed by atoms with van der Waals surface area (Å²) in [4.78, 5) is 12.0. The minimum absolute atomic E-state index is 0.121. The van der Waals surface area contributed by atoms with Crippen LogP contribution in [0.1, 0.15) is 42.5 Å². The predicted octanol–water partition coefficient (Wildman–Crippen LogP) is 4.30. The topological polar surface area (TPSA) is 38.3 Å². The molecule has 1 amide bonds. The van der Waals surface area contributed by atoms with Crippen molar-refractivity contribution in [1.29, 1.82) is 0 Å². The lowest BCUT2D eigenvalue weighted by Gasteiger charge is -2.22. The molecular weight excluding hydrogens is 307 g/mol.